The third kappa shape index (κ3) is 4.49. The number of carbonyl (C=O) groups excluding carboxylic acids is 1. The van der Waals surface area contributed by atoms with Crippen LogP contribution in [-0.4, -0.2) is 33.5 Å². The van der Waals surface area contributed by atoms with Gasteiger partial charge in [0.1, 0.15) is 4.88 Å². The monoisotopic (exact) mass is 326 g/mol. The Hall–Kier alpha value is -1.50. The fourth-order valence-corrected chi connectivity index (χ4v) is 2.68. The second-order valence-corrected chi connectivity index (χ2v) is 5.16. The van der Waals surface area contributed by atoms with Gasteiger partial charge in [0.15, 0.2) is 0 Å². The van der Waals surface area contributed by atoms with Gasteiger partial charge >= 0.3 is 0 Å². The molecule has 114 valence electrons. The van der Waals surface area contributed by atoms with Crippen molar-refractivity contribution in [2.24, 2.45) is 5.73 Å². The zero-order valence-electron chi connectivity index (χ0n) is 11.9. The van der Waals surface area contributed by atoms with E-state index in [9.17, 15) is 4.79 Å². The Balaban J connectivity index is 0.00000220. The summed E-state index contributed by atoms with van der Waals surface area (Å²) in [6, 6.07) is 9.89. The van der Waals surface area contributed by atoms with E-state index in [0.29, 0.717) is 30.9 Å². The second-order valence-electron chi connectivity index (χ2n) is 4.40. The Labute approximate surface area is 134 Å². The second kappa shape index (κ2) is 8.71. The number of nitrogens with two attached hydrogens (primary N) is 1. The normalized spacial score (nSPS) is 10.0. The third-order valence-corrected chi connectivity index (χ3v) is 3.74. The summed E-state index contributed by atoms with van der Waals surface area (Å²) in [6.07, 6.45) is 0.708. The van der Waals surface area contributed by atoms with E-state index in [1.807, 2.05) is 37.3 Å². The molecule has 1 heterocycles. The molecule has 21 heavy (non-hydrogen) atoms. The van der Waals surface area contributed by atoms with E-state index in [4.69, 9.17) is 5.73 Å². The lowest BCUT2D eigenvalue weighted by Gasteiger charge is -2.21. The Bertz CT molecular complexity index is 561. The summed E-state index contributed by atoms with van der Waals surface area (Å²) in [7, 11) is 0. The molecule has 0 unspecified atom stereocenters. The van der Waals surface area contributed by atoms with E-state index in [2.05, 4.69) is 9.59 Å². The van der Waals surface area contributed by atoms with Crippen LogP contribution in [0.5, 0.6) is 0 Å². The van der Waals surface area contributed by atoms with Gasteiger partial charge in [-0.25, -0.2) is 0 Å². The number of carbonyl (C=O) groups is 1. The van der Waals surface area contributed by atoms with E-state index in [0.717, 1.165) is 22.8 Å². The highest BCUT2D eigenvalue weighted by molar-refractivity contribution is 7.07. The van der Waals surface area contributed by atoms with Crippen LogP contribution in [0.4, 0.5) is 0 Å². The molecular weight excluding hydrogens is 308 g/mol. The number of amides is 1. The standard InChI is InChI=1S/C14H18N4OS.ClH/c1-2-12-13(20-17-16-12)14(19)18(9-8-15)10-11-6-4-3-5-7-11;/h3-7H,2,8-10,15H2,1H3;1H. The Morgan fingerprint density at radius 3 is 2.67 bits per heavy atom. The van der Waals surface area contributed by atoms with Crippen molar-refractivity contribution in [3.05, 3.63) is 46.5 Å². The minimum Gasteiger partial charge on any atom is -0.332 e. The van der Waals surface area contributed by atoms with Crippen molar-refractivity contribution in [1.82, 2.24) is 14.5 Å². The molecule has 2 rings (SSSR count). The number of benzene rings is 1. The topological polar surface area (TPSA) is 72.1 Å². The van der Waals surface area contributed by atoms with Gasteiger partial charge in [0.05, 0.1) is 5.69 Å². The van der Waals surface area contributed by atoms with Crippen molar-refractivity contribution in [2.45, 2.75) is 19.9 Å². The van der Waals surface area contributed by atoms with Gasteiger partial charge in [0, 0.05) is 19.6 Å². The summed E-state index contributed by atoms with van der Waals surface area (Å²) in [5.74, 6) is -0.0360. The van der Waals surface area contributed by atoms with Crippen molar-refractivity contribution < 1.29 is 4.79 Å². The van der Waals surface area contributed by atoms with Crippen LogP contribution in [0.25, 0.3) is 0 Å². The first kappa shape index (κ1) is 17.6. The number of halogens is 1. The summed E-state index contributed by atoms with van der Waals surface area (Å²) in [6.45, 7) is 3.48. The minimum atomic E-state index is -0.0360. The molecule has 0 aliphatic carbocycles. The average Bonchev–Trinajstić information content (AvgIpc) is 2.95. The van der Waals surface area contributed by atoms with E-state index in [1.165, 1.54) is 0 Å². The lowest BCUT2D eigenvalue weighted by molar-refractivity contribution is 0.0752. The van der Waals surface area contributed by atoms with Crippen LogP contribution < -0.4 is 5.73 Å². The maximum absolute atomic E-state index is 12.6. The zero-order valence-corrected chi connectivity index (χ0v) is 13.5. The zero-order chi connectivity index (χ0) is 14.4. The molecule has 0 aliphatic heterocycles. The molecule has 0 spiro atoms. The van der Waals surface area contributed by atoms with Crippen LogP contribution in [0.1, 0.15) is 27.9 Å². The summed E-state index contributed by atoms with van der Waals surface area (Å²) in [5.41, 5.74) is 7.47. The quantitative estimate of drug-likeness (QED) is 0.882. The van der Waals surface area contributed by atoms with Crippen LogP contribution in [0.2, 0.25) is 0 Å². The molecule has 5 nitrogen and oxygen atoms in total. The first-order valence-electron chi connectivity index (χ1n) is 6.60. The summed E-state index contributed by atoms with van der Waals surface area (Å²) in [4.78, 5) is 15.0. The molecule has 2 aromatic rings. The predicted molar refractivity (Wildman–Crippen MR) is 86.8 cm³/mol. The SMILES string of the molecule is CCc1nnsc1C(=O)N(CCN)Cc1ccccc1.Cl. The molecule has 0 saturated heterocycles. The molecule has 7 heteroatoms. The molecule has 0 radical (unpaired) electrons. The van der Waals surface area contributed by atoms with E-state index < -0.39 is 0 Å². The molecule has 0 saturated carbocycles. The molecule has 0 aliphatic rings. The van der Waals surface area contributed by atoms with Crippen LogP contribution in [-0.2, 0) is 13.0 Å². The number of aromatic nitrogens is 2. The predicted octanol–water partition coefficient (Wildman–Crippen LogP) is 2.12. The maximum atomic E-state index is 12.6. The number of hydrogen-bond acceptors (Lipinski definition) is 5. The highest BCUT2D eigenvalue weighted by Gasteiger charge is 2.21. The molecule has 1 amide bonds. The van der Waals surface area contributed by atoms with Gasteiger partial charge in [-0.3, -0.25) is 4.79 Å². The lowest BCUT2D eigenvalue weighted by Crippen LogP contribution is -2.34. The van der Waals surface area contributed by atoms with Gasteiger partial charge in [-0.1, -0.05) is 41.7 Å². The third-order valence-electron chi connectivity index (χ3n) is 2.99. The molecule has 1 aromatic heterocycles. The van der Waals surface area contributed by atoms with Gasteiger partial charge < -0.3 is 10.6 Å². The smallest absolute Gasteiger partial charge is 0.267 e. The number of rotatable bonds is 6. The summed E-state index contributed by atoms with van der Waals surface area (Å²) < 4.78 is 3.88. The van der Waals surface area contributed by atoms with Gasteiger partial charge in [-0.15, -0.1) is 17.5 Å². The molecule has 2 N–H and O–H groups in total. The van der Waals surface area contributed by atoms with Crippen molar-refractivity contribution in [2.75, 3.05) is 13.1 Å². The number of hydrogen-bond donors (Lipinski definition) is 1. The van der Waals surface area contributed by atoms with Crippen molar-refractivity contribution in [3.8, 4) is 0 Å². The Morgan fingerprint density at radius 2 is 2.05 bits per heavy atom. The molecule has 0 fully saturated rings. The molecule has 1 aromatic carbocycles. The molecular formula is C14H19ClN4OS. The van der Waals surface area contributed by atoms with Gasteiger partial charge in [0.25, 0.3) is 5.91 Å². The number of nitrogens with zero attached hydrogens (tertiary/aromatic N) is 3. The van der Waals surface area contributed by atoms with E-state index in [-0.39, 0.29) is 18.3 Å². The van der Waals surface area contributed by atoms with E-state index in [1.54, 1.807) is 4.90 Å². The largest absolute Gasteiger partial charge is 0.332 e. The highest BCUT2D eigenvalue weighted by atomic mass is 35.5. The Morgan fingerprint density at radius 1 is 1.33 bits per heavy atom. The Kier molecular flexibility index (Phi) is 7.28. The summed E-state index contributed by atoms with van der Waals surface area (Å²) >= 11 is 1.15. The lowest BCUT2D eigenvalue weighted by atomic mass is 10.2. The number of aryl methyl sites for hydroxylation is 1. The molecule has 0 bridgehead atoms. The minimum absolute atomic E-state index is 0. The van der Waals surface area contributed by atoms with Crippen molar-refractivity contribution in [1.29, 1.82) is 0 Å². The van der Waals surface area contributed by atoms with Gasteiger partial charge in [-0.2, -0.15) is 0 Å². The fraction of sp³-hybridized carbons (Fsp3) is 0.357. The first-order valence-corrected chi connectivity index (χ1v) is 7.38. The first-order chi connectivity index (χ1) is 9.76. The van der Waals surface area contributed by atoms with Crippen molar-refractivity contribution >= 4 is 29.8 Å². The van der Waals surface area contributed by atoms with Crippen LogP contribution in [0, 0.1) is 0 Å². The van der Waals surface area contributed by atoms with Crippen LogP contribution >= 0.6 is 23.9 Å². The van der Waals surface area contributed by atoms with Crippen LogP contribution in [0.15, 0.2) is 30.3 Å². The van der Waals surface area contributed by atoms with E-state index >= 15 is 0 Å². The fourth-order valence-electron chi connectivity index (χ4n) is 1.96. The molecule has 0 atom stereocenters. The average molecular weight is 327 g/mol. The van der Waals surface area contributed by atoms with Crippen LogP contribution in [0.3, 0.4) is 0 Å². The van der Waals surface area contributed by atoms with Gasteiger partial charge in [-0.05, 0) is 23.5 Å². The summed E-state index contributed by atoms with van der Waals surface area (Å²) in [5, 5.41) is 4.00. The van der Waals surface area contributed by atoms with Gasteiger partial charge in [0.2, 0.25) is 0 Å². The maximum Gasteiger partial charge on any atom is 0.267 e. The highest BCUT2D eigenvalue weighted by Crippen LogP contribution is 2.16. The van der Waals surface area contributed by atoms with Crippen molar-refractivity contribution in [3.63, 3.8) is 0 Å².